The largest absolute Gasteiger partial charge is 0.484 e. The van der Waals surface area contributed by atoms with E-state index >= 15 is 0 Å². The van der Waals surface area contributed by atoms with Gasteiger partial charge in [0.05, 0.1) is 22.5 Å². The van der Waals surface area contributed by atoms with Crippen LogP contribution in [-0.2, 0) is 16.9 Å². The van der Waals surface area contributed by atoms with Crippen molar-refractivity contribution in [2.24, 2.45) is 0 Å². The number of nitro benzene ring substituents is 1. The summed E-state index contributed by atoms with van der Waals surface area (Å²) in [5.74, 6) is -2.04. The van der Waals surface area contributed by atoms with Gasteiger partial charge in [-0.1, -0.05) is 30.3 Å². The number of hydrogen-bond donors (Lipinski definition) is 3. The second-order valence-electron chi connectivity index (χ2n) is 8.87. The molecule has 10 nitrogen and oxygen atoms in total. The van der Waals surface area contributed by atoms with E-state index in [1.165, 1.54) is 28.8 Å². The molecule has 0 radical (unpaired) electrons. The summed E-state index contributed by atoms with van der Waals surface area (Å²) in [6.07, 6.45) is -4.18. The molecule has 0 aliphatic carbocycles. The first-order chi connectivity index (χ1) is 18.9. The highest BCUT2D eigenvalue weighted by molar-refractivity contribution is 5.88. The van der Waals surface area contributed by atoms with Gasteiger partial charge >= 0.3 is 12.1 Å². The summed E-state index contributed by atoms with van der Waals surface area (Å²) >= 11 is 0. The number of ether oxygens (including phenoxy) is 1. The zero-order valence-corrected chi connectivity index (χ0v) is 20.6. The van der Waals surface area contributed by atoms with Gasteiger partial charge in [0.2, 0.25) is 5.60 Å². The van der Waals surface area contributed by atoms with E-state index in [9.17, 15) is 38.0 Å². The summed E-state index contributed by atoms with van der Waals surface area (Å²) in [5.41, 5.74) is -3.72. The molecule has 4 aromatic rings. The van der Waals surface area contributed by atoms with Crippen molar-refractivity contribution in [3.8, 4) is 5.75 Å². The van der Waals surface area contributed by atoms with Crippen molar-refractivity contribution in [2.45, 2.75) is 18.3 Å². The number of fused-ring (bicyclic) bond motifs is 1. The lowest BCUT2D eigenvalue weighted by atomic mass is 9.92. The minimum atomic E-state index is -5.25. The first kappa shape index (κ1) is 28.1. The number of nitro groups is 1. The monoisotopic (exact) mass is 557 g/mol. The maximum Gasteiger partial charge on any atom is 0.423 e. The summed E-state index contributed by atoms with van der Waals surface area (Å²) in [5, 5.41) is 33.2. The van der Waals surface area contributed by atoms with Crippen molar-refractivity contribution in [2.75, 3.05) is 13.2 Å². The van der Waals surface area contributed by atoms with Gasteiger partial charge in [-0.25, -0.2) is 4.79 Å². The summed E-state index contributed by atoms with van der Waals surface area (Å²) in [4.78, 5) is 33.9. The number of carboxylic acids is 1. The van der Waals surface area contributed by atoms with Crippen molar-refractivity contribution in [1.82, 2.24) is 9.88 Å². The molecule has 4 rings (SSSR count). The lowest BCUT2D eigenvalue weighted by Gasteiger charge is -2.30. The minimum Gasteiger partial charge on any atom is -0.484 e. The standard InChI is InChI=1S/C27H22F3N3O7/c28-27(29,30)26(37,16-31-24(34)15-40-20-9-6-18(7-10-20)25(35)36)22-14-32(13-17-4-2-1-3-5-17)23-12-19(33(38)39)8-11-21(22)23/h1-12,14,37H,13,15-16H2,(H,31,34)(H,35,36). The molecule has 1 unspecified atom stereocenters. The smallest absolute Gasteiger partial charge is 0.423 e. The number of benzene rings is 3. The van der Waals surface area contributed by atoms with E-state index in [0.29, 0.717) is 5.56 Å². The number of nitrogens with one attached hydrogen (secondary N) is 1. The molecular formula is C27H22F3N3O7. The van der Waals surface area contributed by atoms with E-state index in [1.54, 1.807) is 30.3 Å². The van der Waals surface area contributed by atoms with Crippen LogP contribution in [0.5, 0.6) is 5.75 Å². The number of hydrogen-bond acceptors (Lipinski definition) is 6. The number of carboxylic acid groups (broad SMARTS) is 1. The number of nitrogens with zero attached hydrogens (tertiary/aromatic N) is 2. The maximum absolute atomic E-state index is 14.4. The number of non-ortho nitro benzene ring substituents is 1. The molecular weight excluding hydrogens is 535 g/mol. The van der Waals surface area contributed by atoms with Gasteiger partial charge in [0.15, 0.2) is 6.61 Å². The fraction of sp³-hybridized carbons (Fsp3) is 0.185. The van der Waals surface area contributed by atoms with E-state index in [-0.39, 0.29) is 34.4 Å². The summed E-state index contributed by atoms with van der Waals surface area (Å²) < 4.78 is 49.7. The quantitative estimate of drug-likeness (QED) is 0.195. The molecule has 1 heterocycles. The van der Waals surface area contributed by atoms with Crippen LogP contribution in [0.3, 0.4) is 0 Å². The third-order valence-electron chi connectivity index (χ3n) is 6.20. The Hall–Kier alpha value is -4.91. The average molecular weight is 557 g/mol. The lowest BCUT2D eigenvalue weighted by molar-refractivity contribution is -0.384. The number of aromatic nitrogens is 1. The maximum atomic E-state index is 14.4. The average Bonchev–Trinajstić information content (AvgIpc) is 3.28. The first-order valence-corrected chi connectivity index (χ1v) is 11.7. The Kier molecular flexibility index (Phi) is 7.77. The van der Waals surface area contributed by atoms with Crippen molar-refractivity contribution >= 4 is 28.5 Å². The van der Waals surface area contributed by atoms with Crippen molar-refractivity contribution in [3.63, 3.8) is 0 Å². The molecule has 0 saturated heterocycles. The van der Waals surface area contributed by atoms with Crippen LogP contribution in [-0.4, -0.2) is 50.9 Å². The van der Waals surface area contributed by atoms with Gasteiger partial charge in [-0.3, -0.25) is 14.9 Å². The van der Waals surface area contributed by atoms with Gasteiger partial charge in [-0.2, -0.15) is 13.2 Å². The zero-order valence-electron chi connectivity index (χ0n) is 20.6. The minimum absolute atomic E-state index is 0.0243. The third-order valence-corrected chi connectivity index (χ3v) is 6.20. The molecule has 208 valence electrons. The van der Waals surface area contributed by atoms with Crippen molar-refractivity contribution in [1.29, 1.82) is 0 Å². The highest BCUT2D eigenvalue weighted by Gasteiger charge is 2.56. The molecule has 3 N–H and O–H groups in total. The van der Waals surface area contributed by atoms with Crippen LogP contribution in [0.4, 0.5) is 18.9 Å². The van der Waals surface area contributed by atoms with Crippen LogP contribution < -0.4 is 10.1 Å². The van der Waals surface area contributed by atoms with Gasteiger partial charge in [-0.05, 0) is 35.9 Å². The second kappa shape index (κ2) is 11.1. The Morgan fingerprint density at radius 3 is 2.30 bits per heavy atom. The fourth-order valence-electron chi connectivity index (χ4n) is 4.10. The van der Waals surface area contributed by atoms with Crippen LogP contribution in [0.25, 0.3) is 10.9 Å². The summed E-state index contributed by atoms with van der Waals surface area (Å²) in [6, 6.07) is 17.0. The second-order valence-corrected chi connectivity index (χ2v) is 8.87. The number of carbonyl (C=O) groups is 2. The summed E-state index contributed by atoms with van der Waals surface area (Å²) in [7, 11) is 0. The molecule has 0 fully saturated rings. The van der Waals surface area contributed by atoms with Crippen LogP contribution in [0.1, 0.15) is 21.5 Å². The predicted molar refractivity (Wildman–Crippen MR) is 136 cm³/mol. The van der Waals surface area contributed by atoms with Gasteiger partial charge < -0.3 is 24.8 Å². The molecule has 1 amide bonds. The zero-order chi connectivity index (χ0) is 29.1. The molecule has 0 spiro atoms. The lowest BCUT2D eigenvalue weighted by Crippen LogP contribution is -2.51. The number of aromatic carboxylic acids is 1. The SMILES string of the molecule is O=C(COc1ccc(C(=O)O)cc1)NCC(O)(c1cn(Cc2ccccc2)c2cc([N+](=O)[O-])ccc12)C(F)(F)F. The molecule has 40 heavy (non-hydrogen) atoms. The van der Waals surface area contributed by atoms with E-state index in [4.69, 9.17) is 9.84 Å². The molecule has 0 bridgehead atoms. The number of aliphatic hydroxyl groups is 1. The topological polar surface area (TPSA) is 144 Å². The Labute approximate surface area is 224 Å². The summed E-state index contributed by atoms with van der Waals surface area (Å²) in [6.45, 7) is -1.91. The Morgan fingerprint density at radius 2 is 1.70 bits per heavy atom. The van der Waals surface area contributed by atoms with Crippen molar-refractivity contribution < 1.29 is 42.6 Å². The third kappa shape index (κ3) is 5.89. The van der Waals surface area contributed by atoms with Crippen LogP contribution >= 0.6 is 0 Å². The molecule has 0 aliphatic heterocycles. The molecule has 13 heteroatoms. The van der Waals surface area contributed by atoms with Gasteiger partial charge in [0, 0.05) is 35.8 Å². The Bertz CT molecular complexity index is 1550. The van der Waals surface area contributed by atoms with E-state index < -0.39 is 47.3 Å². The molecule has 1 atom stereocenters. The van der Waals surface area contributed by atoms with Crippen LogP contribution in [0.2, 0.25) is 0 Å². The first-order valence-electron chi connectivity index (χ1n) is 11.7. The highest BCUT2D eigenvalue weighted by atomic mass is 19.4. The van der Waals surface area contributed by atoms with Gasteiger partial charge in [0.1, 0.15) is 5.75 Å². The molecule has 0 saturated carbocycles. The molecule has 0 aliphatic rings. The number of rotatable bonds is 10. The number of amides is 1. The van der Waals surface area contributed by atoms with Crippen LogP contribution in [0.15, 0.2) is 79.0 Å². The molecule has 1 aromatic heterocycles. The fourth-order valence-corrected chi connectivity index (χ4v) is 4.10. The van der Waals surface area contributed by atoms with Gasteiger partial charge in [-0.15, -0.1) is 0 Å². The predicted octanol–water partition coefficient (Wildman–Crippen LogP) is 4.24. The van der Waals surface area contributed by atoms with E-state index in [0.717, 1.165) is 24.4 Å². The number of alkyl halides is 3. The normalized spacial score (nSPS) is 13.0. The number of carbonyl (C=O) groups excluding carboxylic acids is 1. The van der Waals surface area contributed by atoms with E-state index in [2.05, 4.69) is 0 Å². The Morgan fingerprint density at radius 1 is 1.02 bits per heavy atom. The Balaban J connectivity index is 1.62. The van der Waals surface area contributed by atoms with Gasteiger partial charge in [0.25, 0.3) is 11.6 Å². The van der Waals surface area contributed by atoms with Crippen molar-refractivity contribution in [3.05, 3.63) is 106 Å². The van der Waals surface area contributed by atoms with E-state index in [1.807, 2.05) is 5.32 Å². The highest BCUT2D eigenvalue weighted by Crippen LogP contribution is 2.43. The number of halogens is 3. The molecule has 3 aromatic carbocycles. The van der Waals surface area contributed by atoms with Crippen LogP contribution in [0, 0.1) is 10.1 Å².